The fourth-order valence-electron chi connectivity index (χ4n) is 3.46. The smallest absolute Gasteiger partial charge is 0.310 e. The van der Waals surface area contributed by atoms with Crippen molar-refractivity contribution in [1.82, 2.24) is 4.90 Å². The molecule has 1 saturated carbocycles. The van der Waals surface area contributed by atoms with E-state index in [0.29, 0.717) is 32.0 Å². The summed E-state index contributed by atoms with van der Waals surface area (Å²) in [7, 11) is 1.39. The highest BCUT2D eigenvalue weighted by Crippen LogP contribution is 2.27. The fourth-order valence-corrected chi connectivity index (χ4v) is 3.46. The van der Waals surface area contributed by atoms with Gasteiger partial charge in [-0.15, -0.1) is 0 Å². The number of carbonyl (C=O) groups is 2. The molecule has 0 aromatic carbocycles. The van der Waals surface area contributed by atoms with E-state index in [4.69, 9.17) is 9.47 Å². The minimum absolute atomic E-state index is 0.158. The Kier molecular flexibility index (Phi) is 10.8. The van der Waals surface area contributed by atoms with Crippen LogP contribution in [0.4, 0.5) is 0 Å². The first kappa shape index (κ1) is 21.9. The molecule has 1 fully saturated rings. The molecule has 1 aliphatic carbocycles. The Labute approximate surface area is 153 Å². The second-order valence-corrected chi connectivity index (χ2v) is 7.58. The van der Waals surface area contributed by atoms with E-state index in [2.05, 4.69) is 0 Å². The Bertz CT molecular complexity index is 391. The maximum atomic E-state index is 12.7. The molecule has 1 rings (SSSR count). The molecule has 1 aliphatic rings. The summed E-state index contributed by atoms with van der Waals surface area (Å²) < 4.78 is 10.4. The van der Waals surface area contributed by atoms with Crippen molar-refractivity contribution in [1.29, 1.82) is 0 Å². The lowest BCUT2D eigenvalue weighted by atomic mass is 9.86. The Morgan fingerprint density at radius 1 is 1.12 bits per heavy atom. The quantitative estimate of drug-likeness (QED) is 0.418. The predicted octanol–water partition coefficient (Wildman–Crippen LogP) is 3.80. The molecule has 0 radical (unpaired) electrons. The molecule has 5 nitrogen and oxygen atoms in total. The maximum absolute atomic E-state index is 12.7. The third-order valence-corrected chi connectivity index (χ3v) is 4.97. The van der Waals surface area contributed by atoms with Crippen molar-refractivity contribution < 1.29 is 19.1 Å². The van der Waals surface area contributed by atoms with E-state index in [0.717, 1.165) is 12.8 Å². The van der Waals surface area contributed by atoms with Gasteiger partial charge in [0.05, 0.1) is 19.1 Å². The second kappa shape index (κ2) is 12.3. The van der Waals surface area contributed by atoms with Crippen LogP contribution >= 0.6 is 0 Å². The zero-order chi connectivity index (χ0) is 18.7. The van der Waals surface area contributed by atoms with Gasteiger partial charge < -0.3 is 14.4 Å². The average molecular weight is 356 g/mol. The third-order valence-electron chi connectivity index (χ3n) is 4.97. The van der Waals surface area contributed by atoms with Crippen LogP contribution in [-0.2, 0) is 19.1 Å². The summed E-state index contributed by atoms with van der Waals surface area (Å²) in [6.45, 7) is 7.53. The van der Waals surface area contributed by atoms with Crippen LogP contribution in [0.5, 0.6) is 0 Å². The summed E-state index contributed by atoms with van der Waals surface area (Å²) in [5, 5.41) is 0. The zero-order valence-electron chi connectivity index (χ0n) is 16.6. The molecular weight excluding hydrogens is 318 g/mol. The number of rotatable bonds is 11. The summed E-state index contributed by atoms with van der Waals surface area (Å²) in [4.78, 5) is 26.2. The number of hydrogen-bond acceptors (Lipinski definition) is 4. The van der Waals surface area contributed by atoms with E-state index in [9.17, 15) is 9.59 Å². The summed E-state index contributed by atoms with van der Waals surface area (Å²) in [5.74, 6) is 0.297. The number of methoxy groups -OCH3 is 1. The largest absolute Gasteiger partial charge is 0.469 e. The van der Waals surface area contributed by atoms with Gasteiger partial charge in [0.2, 0.25) is 5.91 Å². The first-order chi connectivity index (χ1) is 11.9. The van der Waals surface area contributed by atoms with Gasteiger partial charge in [-0.3, -0.25) is 9.59 Å². The molecule has 1 atom stereocenters. The first-order valence-electron chi connectivity index (χ1n) is 9.91. The normalized spacial score (nSPS) is 16.7. The lowest BCUT2D eigenvalue weighted by molar-refractivity contribution is -0.146. The van der Waals surface area contributed by atoms with Gasteiger partial charge in [-0.05, 0) is 32.6 Å². The van der Waals surface area contributed by atoms with E-state index in [1.54, 1.807) is 0 Å². The molecular formula is C20H37NO4. The van der Waals surface area contributed by atoms with Crippen molar-refractivity contribution in [2.75, 3.05) is 26.8 Å². The van der Waals surface area contributed by atoms with E-state index < -0.39 is 0 Å². The minimum Gasteiger partial charge on any atom is -0.469 e. The van der Waals surface area contributed by atoms with Gasteiger partial charge in [-0.1, -0.05) is 39.0 Å². The second-order valence-electron chi connectivity index (χ2n) is 7.58. The molecule has 0 bridgehead atoms. The van der Waals surface area contributed by atoms with E-state index in [-0.39, 0.29) is 23.9 Å². The van der Waals surface area contributed by atoms with Gasteiger partial charge in [0.1, 0.15) is 0 Å². The summed E-state index contributed by atoms with van der Waals surface area (Å²) in [5.41, 5.74) is 0. The van der Waals surface area contributed by atoms with Crippen molar-refractivity contribution in [3.63, 3.8) is 0 Å². The van der Waals surface area contributed by atoms with Crippen LogP contribution in [0.2, 0.25) is 0 Å². The van der Waals surface area contributed by atoms with Gasteiger partial charge in [0.15, 0.2) is 0 Å². The third kappa shape index (κ3) is 9.24. The number of hydrogen-bond donors (Lipinski definition) is 0. The molecule has 0 N–H and O–H groups in total. The van der Waals surface area contributed by atoms with Gasteiger partial charge in [-0.2, -0.15) is 0 Å². The lowest BCUT2D eigenvalue weighted by Crippen LogP contribution is -2.38. The highest BCUT2D eigenvalue weighted by molar-refractivity contribution is 5.78. The van der Waals surface area contributed by atoms with Crippen LogP contribution in [0.25, 0.3) is 0 Å². The van der Waals surface area contributed by atoms with Gasteiger partial charge in [0, 0.05) is 26.1 Å². The summed E-state index contributed by atoms with van der Waals surface area (Å²) in [6.07, 6.45) is 9.01. The highest BCUT2D eigenvalue weighted by atomic mass is 16.5. The van der Waals surface area contributed by atoms with Crippen LogP contribution in [-0.4, -0.2) is 49.7 Å². The van der Waals surface area contributed by atoms with Crippen LogP contribution in [0.15, 0.2) is 0 Å². The fraction of sp³-hybridized carbons (Fsp3) is 0.900. The average Bonchev–Trinajstić information content (AvgIpc) is 2.61. The van der Waals surface area contributed by atoms with E-state index in [1.165, 1.54) is 39.2 Å². The van der Waals surface area contributed by atoms with Crippen molar-refractivity contribution in [2.45, 2.75) is 78.2 Å². The Balaban J connectivity index is 2.48. The molecule has 0 aromatic heterocycles. The molecule has 1 unspecified atom stereocenters. The van der Waals surface area contributed by atoms with Crippen molar-refractivity contribution in [3.05, 3.63) is 0 Å². The zero-order valence-corrected chi connectivity index (χ0v) is 16.6. The molecule has 0 spiro atoms. The highest BCUT2D eigenvalue weighted by Gasteiger charge is 2.22. The van der Waals surface area contributed by atoms with Crippen LogP contribution < -0.4 is 0 Å². The van der Waals surface area contributed by atoms with Gasteiger partial charge in [0.25, 0.3) is 0 Å². The minimum atomic E-state index is -0.297. The number of esters is 1. The van der Waals surface area contributed by atoms with Gasteiger partial charge in [-0.25, -0.2) is 0 Å². The Morgan fingerprint density at radius 2 is 1.80 bits per heavy atom. The number of ether oxygens (including phenoxy) is 2. The molecule has 146 valence electrons. The Morgan fingerprint density at radius 3 is 2.40 bits per heavy atom. The topological polar surface area (TPSA) is 55.8 Å². The van der Waals surface area contributed by atoms with E-state index >= 15 is 0 Å². The molecule has 0 saturated heterocycles. The van der Waals surface area contributed by atoms with Gasteiger partial charge >= 0.3 is 5.97 Å². The summed E-state index contributed by atoms with van der Waals surface area (Å²) >= 11 is 0. The first-order valence-corrected chi connectivity index (χ1v) is 9.91. The van der Waals surface area contributed by atoms with E-state index in [1.807, 2.05) is 25.7 Å². The maximum Gasteiger partial charge on any atom is 0.310 e. The molecule has 0 heterocycles. The molecule has 25 heavy (non-hydrogen) atoms. The predicted molar refractivity (Wildman–Crippen MR) is 99.3 cm³/mol. The number of amides is 1. The number of nitrogens with zero attached hydrogens (tertiary/aromatic N) is 1. The lowest BCUT2D eigenvalue weighted by Gasteiger charge is -2.27. The molecule has 0 aliphatic heterocycles. The van der Waals surface area contributed by atoms with Crippen LogP contribution in [0.3, 0.4) is 0 Å². The molecule has 5 heteroatoms. The van der Waals surface area contributed by atoms with Crippen LogP contribution in [0.1, 0.15) is 72.1 Å². The molecule has 0 aromatic rings. The van der Waals surface area contributed by atoms with Crippen molar-refractivity contribution in [3.8, 4) is 0 Å². The molecule has 1 amide bonds. The SMILES string of the molecule is COC(=O)C(C)CN(CCCOC(C)C)C(=O)CCC1CCCCC1. The van der Waals surface area contributed by atoms with Crippen molar-refractivity contribution >= 4 is 11.9 Å². The monoisotopic (exact) mass is 355 g/mol. The summed E-state index contributed by atoms with van der Waals surface area (Å²) in [6, 6.07) is 0. The standard InChI is InChI=1S/C20H37NO4/c1-16(2)25-14-8-13-21(15-17(3)20(23)24-4)19(22)12-11-18-9-6-5-7-10-18/h16-18H,5-15H2,1-4H3. The Hall–Kier alpha value is -1.10. The number of carbonyl (C=O) groups excluding carboxylic acids is 2. The van der Waals surface area contributed by atoms with Crippen LogP contribution in [0, 0.1) is 11.8 Å². The van der Waals surface area contributed by atoms with Crippen molar-refractivity contribution in [2.24, 2.45) is 11.8 Å².